The van der Waals surface area contributed by atoms with E-state index in [0.29, 0.717) is 23.4 Å². The second-order valence-corrected chi connectivity index (χ2v) is 13.4. The van der Waals surface area contributed by atoms with Crippen LogP contribution < -0.4 is 4.74 Å². The molecule has 2 aromatic carbocycles. The van der Waals surface area contributed by atoms with Crippen LogP contribution in [0.15, 0.2) is 35.3 Å². The Morgan fingerprint density at radius 3 is 1.68 bits per heavy atom. The number of aromatic hydroxyl groups is 1. The Morgan fingerprint density at radius 1 is 0.800 bits per heavy atom. The summed E-state index contributed by atoms with van der Waals surface area (Å²) < 4.78 is 84.6. The number of phenolic OH excluding ortho intramolecular Hbond substituents is 1. The molecule has 0 atom stereocenters. The Balaban J connectivity index is 0.00000178. The van der Waals surface area contributed by atoms with Gasteiger partial charge in [0.2, 0.25) is 0 Å². The molecule has 3 nitrogen and oxygen atoms in total. The molecule has 0 saturated heterocycles. The van der Waals surface area contributed by atoms with Crippen LogP contribution in [0.25, 0.3) is 0 Å². The van der Waals surface area contributed by atoms with Crippen LogP contribution in [0.2, 0.25) is 0 Å². The third-order valence-corrected chi connectivity index (χ3v) is 6.85. The molecule has 1 N–H and O–H groups in total. The van der Waals surface area contributed by atoms with Crippen molar-refractivity contribution in [3.05, 3.63) is 52.6 Å². The van der Waals surface area contributed by atoms with Gasteiger partial charge in [-0.2, -0.15) is 26.3 Å². The number of aliphatic imine (C=N–C) groups is 1. The third kappa shape index (κ3) is 11.6. The third-order valence-electron chi connectivity index (χ3n) is 6.85. The second kappa shape index (κ2) is 17.0. The van der Waals surface area contributed by atoms with Crippen LogP contribution >= 0.6 is 17.0 Å². The van der Waals surface area contributed by atoms with Crippen molar-refractivity contribution in [1.82, 2.24) is 0 Å². The molecular formula is C28H33Cl2F6NO2Zr. The number of hydrogen-bond donors (Lipinski definition) is 1. The van der Waals surface area contributed by atoms with Crippen molar-refractivity contribution >= 4 is 28.9 Å². The molecule has 0 aliphatic heterocycles. The minimum absolute atomic E-state index is 0.0593. The van der Waals surface area contributed by atoms with Gasteiger partial charge in [-0.05, 0) is 49.1 Å². The summed E-state index contributed by atoms with van der Waals surface area (Å²) >= 11 is -0.826. The van der Waals surface area contributed by atoms with Crippen LogP contribution in [0, 0.1) is 0 Å². The van der Waals surface area contributed by atoms with Gasteiger partial charge < -0.3 is 9.84 Å². The van der Waals surface area contributed by atoms with Gasteiger partial charge in [0, 0.05) is 17.3 Å². The van der Waals surface area contributed by atoms with Gasteiger partial charge in [0.1, 0.15) is 11.5 Å². The molecule has 0 spiro atoms. The fraction of sp³-hybridized carbons (Fsp3) is 0.536. The van der Waals surface area contributed by atoms with Gasteiger partial charge >= 0.3 is 50.2 Å². The van der Waals surface area contributed by atoms with Gasteiger partial charge in [-0.3, -0.25) is 4.99 Å². The van der Waals surface area contributed by atoms with E-state index in [4.69, 9.17) is 21.8 Å². The molecule has 1 aliphatic rings. The average molecular weight is 692 g/mol. The molecule has 12 heteroatoms. The molecule has 0 radical (unpaired) electrons. The van der Waals surface area contributed by atoms with Crippen LogP contribution in [-0.4, -0.2) is 18.4 Å². The predicted molar refractivity (Wildman–Crippen MR) is 144 cm³/mol. The summed E-state index contributed by atoms with van der Waals surface area (Å²) in [4.78, 5) is 3.89. The van der Waals surface area contributed by atoms with Gasteiger partial charge in [-0.25, -0.2) is 0 Å². The van der Waals surface area contributed by atoms with Crippen molar-refractivity contribution in [3.8, 4) is 11.5 Å². The van der Waals surface area contributed by atoms with Crippen LogP contribution in [0.5, 0.6) is 11.5 Å². The first kappa shape index (κ1) is 35.0. The molecule has 0 unspecified atom stereocenters. The number of benzene rings is 2. The van der Waals surface area contributed by atoms with Crippen LogP contribution in [0.3, 0.4) is 0 Å². The summed E-state index contributed by atoms with van der Waals surface area (Å²) in [6, 6.07) is 4.39. The maximum absolute atomic E-state index is 13.2. The number of ether oxygens (including phenoxy) is 1. The monoisotopic (exact) mass is 689 g/mol. The van der Waals surface area contributed by atoms with Crippen molar-refractivity contribution in [2.75, 3.05) is 7.11 Å². The fourth-order valence-corrected chi connectivity index (χ4v) is 4.81. The number of hydrogen-bond acceptors (Lipinski definition) is 3. The molecule has 0 aromatic heterocycles. The number of nitrogens with zero attached hydrogens (tertiary/aromatic N) is 1. The maximum atomic E-state index is 13.2. The quantitative estimate of drug-likeness (QED) is 0.256. The molecule has 1 saturated carbocycles. The summed E-state index contributed by atoms with van der Waals surface area (Å²) in [5.74, 6) is 0.414. The van der Waals surface area contributed by atoms with Gasteiger partial charge in [0.15, 0.2) is 0 Å². The number of methoxy groups -OCH3 is 1. The van der Waals surface area contributed by atoms with E-state index in [9.17, 15) is 31.4 Å². The van der Waals surface area contributed by atoms with Gasteiger partial charge in [-0.15, -0.1) is 0 Å². The molecule has 2 aromatic rings. The van der Waals surface area contributed by atoms with Crippen LogP contribution in [-0.2, 0) is 33.2 Å². The molecule has 1 fully saturated rings. The normalized spacial score (nSPS) is 16.4. The SMILES string of the molecule is COc1cc(C=Nc2cc(C(F)(F)F)cc(C(F)(F)F)c2)c(O)c(C2CCCCCCCCCCC2)c1.[Cl][Zr][Cl]. The molecule has 0 bridgehead atoms. The van der Waals surface area contributed by atoms with E-state index in [-0.39, 0.29) is 23.3 Å². The van der Waals surface area contributed by atoms with Crippen molar-refractivity contribution in [3.63, 3.8) is 0 Å². The van der Waals surface area contributed by atoms with Gasteiger partial charge in [-0.1, -0.05) is 57.8 Å². The second-order valence-electron chi connectivity index (χ2n) is 9.70. The molecule has 40 heavy (non-hydrogen) atoms. The number of alkyl halides is 6. The van der Waals surface area contributed by atoms with Crippen LogP contribution in [0.4, 0.5) is 32.0 Å². The fourth-order valence-electron chi connectivity index (χ4n) is 4.81. The first-order chi connectivity index (χ1) is 18.9. The molecule has 3 rings (SSSR count). The zero-order chi connectivity index (χ0) is 29.8. The summed E-state index contributed by atoms with van der Waals surface area (Å²) in [7, 11) is 11.3. The van der Waals surface area contributed by atoms with E-state index in [1.165, 1.54) is 45.3 Å². The summed E-state index contributed by atoms with van der Waals surface area (Å²) in [6.45, 7) is 0. The molecule has 222 valence electrons. The van der Waals surface area contributed by atoms with Crippen molar-refractivity contribution in [1.29, 1.82) is 0 Å². The van der Waals surface area contributed by atoms with E-state index in [0.717, 1.165) is 44.7 Å². The number of halogens is 8. The first-order valence-electron chi connectivity index (χ1n) is 13.1. The summed E-state index contributed by atoms with van der Waals surface area (Å²) in [6.07, 6.45) is 3.18. The zero-order valence-electron chi connectivity index (χ0n) is 22.1. The van der Waals surface area contributed by atoms with Crippen molar-refractivity contribution < 1.29 is 57.0 Å². The van der Waals surface area contributed by atoms with E-state index < -0.39 is 50.0 Å². The zero-order valence-corrected chi connectivity index (χ0v) is 26.1. The summed E-state index contributed by atoms with van der Waals surface area (Å²) in [5, 5.41) is 11.1. The average Bonchev–Trinajstić information content (AvgIpc) is 2.88. The van der Waals surface area contributed by atoms with Crippen molar-refractivity contribution in [2.24, 2.45) is 4.99 Å². The van der Waals surface area contributed by atoms with Crippen molar-refractivity contribution in [2.45, 2.75) is 88.9 Å². The minimum atomic E-state index is -4.97. The Kier molecular flexibility index (Phi) is 14.9. The number of rotatable bonds is 4. The molecule has 0 heterocycles. The van der Waals surface area contributed by atoms with E-state index in [1.807, 2.05) is 0 Å². The Morgan fingerprint density at radius 2 is 1.25 bits per heavy atom. The predicted octanol–water partition coefficient (Wildman–Crippen LogP) is 11.0. The van der Waals surface area contributed by atoms with E-state index >= 15 is 0 Å². The Labute approximate surface area is 250 Å². The van der Waals surface area contributed by atoms with E-state index in [1.54, 1.807) is 6.07 Å². The molecule has 0 amide bonds. The van der Waals surface area contributed by atoms with Gasteiger partial charge in [0.25, 0.3) is 0 Å². The van der Waals surface area contributed by atoms with Crippen LogP contribution in [0.1, 0.15) is 98.8 Å². The first-order valence-corrected chi connectivity index (χ1v) is 19.4. The summed E-state index contributed by atoms with van der Waals surface area (Å²) in [5.41, 5.74) is -2.57. The standard InChI is InChI=1S/C28H33F6NO2.2ClH.Zr/c1-37-24-13-20(18-35-23-15-21(27(29,30)31)14-22(16-23)28(32,33)34)26(36)25(17-24)19-11-9-7-5-3-2-4-6-8-10-12-19;;;/h13-19,36H,2-12H2,1H3;2*1H;/q;;;+2/p-2. The molecule has 1 aliphatic carbocycles. The Hall–Kier alpha value is -1.25. The Bertz CT molecular complexity index is 1050. The number of phenols is 1. The molecular weight excluding hydrogens is 658 g/mol. The van der Waals surface area contributed by atoms with E-state index in [2.05, 4.69) is 4.99 Å². The van der Waals surface area contributed by atoms with Gasteiger partial charge in [0.05, 0.1) is 23.9 Å². The topological polar surface area (TPSA) is 41.8 Å².